The second-order valence-electron chi connectivity index (χ2n) is 7.58. The highest BCUT2D eigenvalue weighted by atomic mass is 32.2. The average molecular weight is 446 g/mol. The lowest BCUT2D eigenvalue weighted by Crippen LogP contribution is -2.32. The molecule has 31 heavy (non-hydrogen) atoms. The Labute approximate surface area is 182 Å². The van der Waals surface area contributed by atoms with Crippen LogP contribution in [0.2, 0.25) is 0 Å². The molecule has 2 amide bonds. The quantitative estimate of drug-likeness (QED) is 0.682. The second kappa shape index (κ2) is 9.49. The van der Waals surface area contributed by atoms with E-state index in [-0.39, 0.29) is 12.0 Å². The average Bonchev–Trinajstić information content (AvgIpc) is 3.25. The summed E-state index contributed by atoms with van der Waals surface area (Å²) in [6, 6.07) is 11.5. The Bertz CT molecular complexity index is 1080. The van der Waals surface area contributed by atoms with Crippen LogP contribution in [0.25, 0.3) is 0 Å². The molecule has 9 heteroatoms. The van der Waals surface area contributed by atoms with Crippen molar-refractivity contribution < 1.29 is 22.7 Å². The number of anilines is 2. The summed E-state index contributed by atoms with van der Waals surface area (Å²) in [6.45, 7) is 2.88. The monoisotopic (exact) mass is 445 g/mol. The predicted molar refractivity (Wildman–Crippen MR) is 120 cm³/mol. The first-order valence-electron chi connectivity index (χ1n) is 10.0. The highest BCUT2D eigenvalue weighted by Crippen LogP contribution is 2.23. The molecule has 0 aliphatic carbocycles. The summed E-state index contributed by atoms with van der Waals surface area (Å²) in [5, 5.41) is 5.64. The first kappa shape index (κ1) is 22.8. The third-order valence-electron chi connectivity index (χ3n) is 5.23. The number of sulfonamides is 1. The lowest BCUT2D eigenvalue weighted by molar-refractivity contribution is 0.0858. The van der Waals surface area contributed by atoms with E-state index in [4.69, 9.17) is 4.74 Å². The number of nitrogens with one attached hydrogen (secondary N) is 2. The first-order valence-corrected chi connectivity index (χ1v) is 11.9. The van der Waals surface area contributed by atoms with Crippen LogP contribution in [0.5, 0.6) is 0 Å². The van der Waals surface area contributed by atoms with E-state index in [1.54, 1.807) is 49.4 Å². The second-order valence-corrected chi connectivity index (χ2v) is 9.59. The molecular formula is C22H27N3O5S. The Balaban J connectivity index is 1.73. The van der Waals surface area contributed by atoms with Gasteiger partial charge >= 0.3 is 0 Å². The third-order valence-corrected chi connectivity index (χ3v) is 6.42. The normalized spacial score (nSPS) is 16.0. The van der Waals surface area contributed by atoms with Gasteiger partial charge in [-0.3, -0.25) is 13.9 Å². The Morgan fingerprint density at radius 3 is 2.55 bits per heavy atom. The summed E-state index contributed by atoms with van der Waals surface area (Å²) in [4.78, 5) is 25.4. The standard InChI is InChI=1S/C22H27N3O5S/c1-15-13-16(10-11-20(15)25(2)31(3,28)29)21(26)24-19-9-5-4-8-18(19)22(27)23-14-17-7-6-12-30-17/h4-5,8-11,13,17H,6-7,12,14H2,1-3H3,(H,23,27)(H,24,26). The van der Waals surface area contributed by atoms with E-state index in [2.05, 4.69) is 10.6 Å². The van der Waals surface area contributed by atoms with Crippen LogP contribution in [-0.2, 0) is 14.8 Å². The van der Waals surface area contributed by atoms with Crippen molar-refractivity contribution in [2.45, 2.75) is 25.9 Å². The van der Waals surface area contributed by atoms with Gasteiger partial charge in [-0.25, -0.2) is 8.42 Å². The minimum absolute atomic E-state index is 0.0252. The van der Waals surface area contributed by atoms with Gasteiger partial charge in [0.05, 0.1) is 29.3 Å². The first-order chi connectivity index (χ1) is 14.7. The molecule has 8 nitrogen and oxygen atoms in total. The molecule has 0 radical (unpaired) electrons. The van der Waals surface area contributed by atoms with Gasteiger partial charge in [-0.2, -0.15) is 0 Å². The molecule has 1 aliphatic heterocycles. The zero-order valence-corrected chi connectivity index (χ0v) is 18.7. The molecule has 2 N–H and O–H groups in total. The molecule has 1 heterocycles. The molecule has 2 aromatic rings. The Hall–Kier alpha value is -2.91. The van der Waals surface area contributed by atoms with Crippen molar-refractivity contribution in [3.05, 3.63) is 59.2 Å². The van der Waals surface area contributed by atoms with Crippen LogP contribution in [0, 0.1) is 6.92 Å². The van der Waals surface area contributed by atoms with Crippen molar-refractivity contribution in [1.82, 2.24) is 5.32 Å². The smallest absolute Gasteiger partial charge is 0.255 e. The predicted octanol–water partition coefficient (Wildman–Crippen LogP) is 2.55. The highest BCUT2D eigenvalue weighted by molar-refractivity contribution is 7.92. The van der Waals surface area contributed by atoms with E-state index in [1.165, 1.54) is 7.05 Å². The van der Waals surface area contributed by atoms with E-state index in [9.17, 15) is 18.0 Å². The number of benzene rings is 2. The molecule has 166 valence electrons. The summed E-state index contributed by atoms with van der Waals surface area (Å²) in [5.41, 5.74) is 2.25. The molecule has 0 aromatic heterocycles. The van der Waals surface area contributed by atoms with E-state index in [0.717, 1.165) is 23.4 Å². The van der Waals surface area contributed by atoms with E-state index in [1.807, 2.05) is 0 Å². The minimum Gasteiger partial charge on any atom is -0.376 e. The SMILES string of the molecule is Cc1cc(C(=O)Nc2ccccc2C(=O)NCC2CCCO2)ccc1N(C)S(C)(=O)=O. The van der Waals surface area contributed by atoms with Gasteiger partial charge in [0.1, 0.15) is 0 Å². The maximum absolute atomic E-state index is 12.8. The van der Waals surface area contributed by atoms with Crippen LogP contribution in [0.1, 0.15) is 39.1 Å². The lowest BCUT2D eigenvalue weighted by atomic mass is 10.1. The Kier molecular flexibility index (Phi) is 6.97. The van der Waals surface area contributed by atoms with Gasteiger partial charge in [0, 0.05) is 25.8 Å². The Morgan fingerprint density at radius 1 is 1.16 bits per heavy atom. The van der Waals surface area contributed by atoms with Crippen molar-refractivity contribution in [2.75, 3.05) is 36.1 Å². The van der Waals surface area contributed by atoms with Crippen molar-refractivity contribution in [1.29, 1.82) is 0 Å². The fourth-order valence-electron chi connectivity index (χ4n) is 3.42. The van der Waals surface area contributed by atoms with Crippen molar-refractivity contribution in [2.24, 2.45) is 0 Å². The molecule has 0 bridgehead atoms. The van der Waals surface area contributed by atoms with Crippen LogP contribution < -0.4 is 14.9 Å². The minimum atomic E-state index is -3.41. The van der Waals surface area contributed by atoms with E-state index in [0.29, 0.717) is 41.2 Å². The molecule has 3 rings (SSSR count). The van der Waals surface area contributed by atoms with Gasteiger partial charge < -0.3 is 15.4 Å². The summed E-state index contributed by atoms with van der Waals surface area (Å²) in [6.07, 6.45) is 3.05. The fraction of sp³-hybridized carbons (Fsp3) is 0.364. The molecule has 1 unspecified atom stereocenters. The molecule has 0 saturated carbocycles. The summed E-state index contributed by atoms with van der Waals surface area (Å²) < 4.78 is 30.3. The molecule has 1 atom stereocenters. The van der Waals surface area contributed by atoms with Gasteiger partial charge in [0.2, 0.25) is 10.0 Å². The third kappa shape index (κ3) is 5.62. The van der Waals surface area contributed by atoms with Gasteiger partial charge in [-0.05, 0) is 55.7 Å². The fourth-order valence-corrected chi connectivity index (χ4v) is 3.98. The topological polar surface area (TPSA) is 105 Å². The van der Waals surface area contributed by atoms with Crippen molar-refractivity contribution in [3.63, 3.8) is 0 Å². The van der Waals surface area contributed by atoms with Crippen molar-refractivity contribution >= 4 is 33.2 Å². The molecule has 2 aromatic carbocycles. The summed E-state index contributed by atoms with van der Waals surface area (Å²) in [7, 11) is -1.95. The number of nitrogens with zero attached hydrogens (tertiary/aromatic N) is 1. The maximum Gasteiger partial charge on any atom is 0.255 e. The molecule has 1 fully saturated rings. The van der Waals surface area contributed by atoms with Gasteiger partial charge in [0.15, 0.2) is 0 Å². The number of aryl methyl sites for hydroxylation is 1. The molecule has 1 aliphatic rings. The van der Waals surface area contributed by atoms with Gasteiger partial charge in [-0.15, -0.1) is 0 Å². The van der Waals surface area contributed by atoms with Crippen LogP contribution in [0.4, 0.5) is 11.4 Å². The van der Waals surface area contributed by atoms with Gasteiger partial charge in [-0.1, -0.05) is 12.1 Å². The zero-order valence-electron chi connectivity index (χ0n) is 17.8. The zero-order chi connectivity index (χ0) is 22.6. The van der Waals surface area contributed by atoms with E-state index >= 15 is 0 Å². The number of para-hydroxylation sites is 1. The molecule has 1 saturated heterocycles. The summed E-state index contributed by atoms with van der Waals surface area (Å²) in [5.74, 6) is -0.677. The number of amides is 2. The largest absolute Gasteiger partial charge is 0.376 e. The number of ether oxygens (including phenoxy) is 1. The Morgan fingerprint density at radius 2 is 1.90 bits per heavy atom. The molecular weight excluding hydrogens is 418 g/mol. The van der Waals surface area contributed by atoms with E-state index < -0.39 is 15.9 Å². The number of hydrogen-bond acceptors (Lipinski definition) is 5. The number of hydrogen-bond donors (Lipinski definition) is 2. The van der Waals surface area contributed by atoms with Gasteiger partial charge in [0.25, 0.3) is 11.8 Å². The van der Waals surface area contributed by atoms with Crippen LogP contribution >= 0.6 is 0 Å². The number of carbonyl (C=O) groups excluding carboxylic acids is 2. The number of rotatable bonds is 7. The number of carbonyl (C=O) groups is 2. The van der Waals surface area contributed by atoms with Crippen LogP contribution in [0.3, 0.4) is 0 Å². The van der Waals surface area contributed by atoms with Crippen molar-refractivity contribution in [3.8, 4) is 0 Å². The van der Waals surface area contributed by atoms with Crippen LogP contribution in [0.15, 0.2) is 42.5 Å². The van der Waals surface area contributed by atoms with Crippen LogP contribution in [-0.4, -0.2) is 52.8 Å². The maximum atomic E-state index is 12.8. The summed E-state index contributed by atoms with van der Waals surface area (Å²) >= 11 is 0. The molecule has 0 spiro atoms. The highest BCUT2D eigenvalue weighted by Gasteiger charge is 2.20. The lowest BCUT2D eigenvalue weighted by Gasteiger charge is -2.19.